The molecule has 0 fully saturated rings. The largest absolute Gasteiger partial charge is 0.506 e. The molecule has 0 spiro atoms. The zero-order chi connectivity index (χ0) is 15.4. The lowest BCUT2D eigenvalue weighted by Crippen LogP contribution is -2.03. The van der Waals surface area contributed by atoms with Crippen molar-refractivity contribution in [3.05, 3.63) is 59.2 Å². The maximum atomic E-state index is 11.0. The molecule has 0 saturated carbocycles. The fourth-order valence-corrected chi connectivity index (χ4v) is 1.69. The molecular weight excluding hydrogens is 274 g/mol. The number of phenols is 1. The van der Waals surface area contributed by atoms with Gasteiger partial charge in [0.15, 0.2) is 0 Å². The summed E-state index contributed by atoms with van der Waals surface area (Å²) < 4.78 is 0. The van der Waals surface area contributed by atoms with E-state index < -0.39 is 11.9 Å². The van der Waals surface area contributed by atoms with Crippen molar-refractivity contribution in [1.82, 2.24) is 0 Å². The lowest BCUT2D eigenvalue weighted by atomic mass is 10.1. The highest BCUT2D eigenvalue weighted by molar-refractivity contribution is 5.97. The topological polar surface area (TPSA) is 107 Å². The highest BCUT2D eigenvalue weighted by atomic mass is 16.4. The molecular formula is C15H11NO5. The average molecular weight is 285 g/mol. The summed E-state index contributed by atoms with van der Waals surface area (Å²) >= 11 is 0. The Hall–Kier alpha value is -3.15. The Balaban J connectivity index is 2.42. The van der Waals surface area contributed by atoms with Gasteiger partial charge in [0.2, 0.25) is 0 Å². The highest BCUT2D eigenvalue weighted by Gasteiger charge is 2.10. The minimum atomic E-state index is -1.23. The van der Waals surface area contributed by atoms with Crippen LogP contribution in [0.25, 0.3) is 0 Å². The molecule has 6 heteroatoms. The summed E-state index contributed by atoms with van der Waals surface area (Å²) in [4.78, 5) is 26.0. The molecule has 3 N–H and O–H groups in total. The molecule has 0 radical (unpaired) electrons. The van der Waals surface area contributed by atoms with Crippen molar-refractivity contribution in [1.29, 1.82) is 0 Å². The number of para-hydroxylation sites is 2. The monoisotopic (exact) mass is 285 g/mol. The van der Waals surface area contributed by atoms with Crippen LogP contribution in [-0.2, 0) is 0 Å². The van der Waals surface area contributed by atoms with Gasteiger partial charge in [-0.05, 0) is 35.9 Å². The Kier molecular flexibility index (Phi) is 3.99. The van der Waals surface area contributed by atoms with Crippen LogP contribution in [0.1, 0.15) is 26.3 Å². The molecule has 2 aromatic carbocycles. The third-order valence-electron chi connectivity index (χ3n) is 2.68. The summed E-state index contributed by atoms with van der Waals surface area (Å²) in [5.41, 5.74) is 0.327. The maximum absolute atomic E-state index is 11.0. The van der Waals surface area contributed by atoms with E-state index in [1.807, 2.05) is 0 Å². The molecule has 0 bridgehead atoms. The second-order valence-corrected chi connectivity index (χ2v) is 4.20. The highest BCUT2D eigenvalue weighted by Crippen LogP contribution is 2.24. The Morgan fingerprint density at radius 1 is 0.952 bits per heavy atom. The summed E-state index contributed by atoms with van der Waals surface area (Å²) in [5, 5.41) is 27.5. The number of aromatic carboxylic acids is 2. The molecule has 2 aromatic rings. The first-order valence-electron chi connectivity index (χ1n) is 5.91. The van der Waals surface area contributed by atoms with Crippen LogP contribution in [0.5, 0.6) is 5.75 Å². The normalized spacial score (nSPS) is 10.7. The van der Waals surface area contributed by atoms with Crippen molar-refractivity contribution >= 4 is 23.8 Å². The summed E-state index contributed by atoms with van der Waals surface area (Å²) in [6, 6.07) is 10.0. The van der Waals surface area contributed by atoms with E-state index in [1.54, 1.807) is 18.2 Å². The fraction of sp³-hybridized carbons (Fsp3) is 0. The van der Waals surface area contributed by atoms with Crippen LogP contribution in [0.4, 0.5) is 5.69 Å². The van der Waals surface area contributed by atoms with Crippen LogP contribution in [0.15, 0.2) is 47.5 Å². The van der Waals surface area contributed by atoms with E-state index in [2.05, 4.69) is 4.99 Å². The van der Waals surface area contributed by atoms with Crippen molar-refractivity contribution in [2.45, 2.75) is 0 Å². The smallest absolute Gasteiger partial charge is 0.335 e. The first kappa shape index (κ1) is 14.3. The van der Waals surface area contributed by atoms with Gasteiger partial charge >= 0.3 is 11.9 Å². The zero-order valence-electron chi connectivity index (χ0n) is 10.7. The van der Waals surface area contributed by atoms with Gasteiger partial charge in [0, 0.05) is 6.21 Å². The number of nitrogens with zero attached hydrogens (tertiary/aromatic N) is 1. The molecule has 21 heavy (non-hydrogen) atoms. The van der Waals surface area contributed by atoms with Gasteiger partial charge < -0.3 is 15.3 Å². The number of aliphatic imine (C=N–C) groups is 1. The first-order chi connectivity index (χ1) is 9.97. The number of phenolic OH excluding ortho intramolecular Hbond substituents is 1. The molecule has 0 amide bonds. The zero-order valence-corrected chi connectivity index (χ0v) is 10.7. The minimum absolute atomic E-state index is 0.0263. The van der Waals surface area contributed by atoms with Gasteiger partial charge in [-0.25, -0.2) is 9.59 Å². The van der Waals surface area contributed by atoms with E-state index in [1.165, 1.54) is 24.4 Å². The van der Waals surface area contributed by atoms with Gasteiger partial charge in [-0.2, -0.15) is 0 Å². The van der Waals surface area contributed by atoms with Gasteiger partial charge in [-0.3, -0.25) is 4.99 Å². The minimum Gasteiger partial charge on any atom is -0.506 e. The molecule has 106 valence electrons. The van der Waals surface area contributed by atoms with Crippen LogP contribution in [0, 0.1) is 0 Å². The predicted octanol–water partition coefficient (Wildman–Crippen LogP) is 2.54. The van der Waals surface area contributed by atoms with Gasteiger partial charge in [0.1, 0.15) is 11.4 Å². The van der Waals surface area contributed by atoms with Crippen LogP contribution in [-0.4, -0.2) is 33.5 Å². The quantitative estimate of drug-likeness (QED) is 0.748. The standard InChI is InChI=1S/C15H11NO5/c17-13-4-2-1-3-12(13)16-8-9-5-10(14(18)19)7-11(6-9)15(20)21/h1-8,17H,(H,18,19)(H,20,21). The predicted molar refractivity (Wildman–Crippen MR) is 75.7 cm³/mol. The average Bonchev–Trinajstić information content (AvgIpc) is 2.46. The van der Waals surface area contributed by atoms with Gasteiger partial charge in [0.25, 0.3) is 0 Å². The Labute approximate surface area is 119 Å². The number of benzene rings is 2. The second-order valence-electron chi connectivity index (χ2n) is 4.20. The molecule has 6 nitrogen and oxygen atoms in total. The maximum Gasteiger partial charge on any atom is 0.335 e. The molecule has 0 heterocycles. The molecule has 0 saturated heterocycles. The van der Waals surface area contributed by atoms with Gasteiger partial charge in [-0.1, -0.05) is 12.1 Å². The van der Waals surface area contributed by atoms with E-state index in [0.29, 0.717) is 11.3 Å². The van der Waals surface area contributed by atoms with Crippen molar-refractivity contribution in [2.24, 2.45) is 4.99 Å². The number of carboxylic acids is 2. The van der Waals surface area contributed by atoms with Crippen LogP contribution >= 0.6 is 0 Å². The number of hydrogen-bond acceptors (Lipinski definition) is 4. The van der Waals surface area contributed by atoms with Crippen LogP contribution in [0.2, 0.25) is 0 Å². The summed E-state index contributed by atoms with van der Waals surface area (Å²) in [5.74, 6) is -2.48. The van der Waals surface area contributed by atoms with E-state index in [0.717, 1.165) is 6.07 Å². The van der Waals surface area contributed by atoms with E-state index in [-0.39, 0.29) is 16.9 Å². The summed E-state index contributed by atoms with van der Waals surface area (Å²) in [6.07, 6.45) is 1.30. The third-order valence-corrected chi connectivity index (χ3v) is 2.68. The van der Waals surface area contributed by atoms with Crippen molar-refractivity contribution in [3.8, 4) is 5.75 Å². The van der Waals surface area contributed by atoms with E-state index >= 15 is 0 Å². The SMILES string of the molecule is O=C(O)c1cc(C=Nc2ccccc2O)cc(C(=O)O)c1. The van der Waals surface area contributed by atoms with Gasteiger partial charge in [0.05, 0.1) is 11.1 Å². The van der Waals surface area contributed by atoms with Crippen molar-refractivity contribution in [2.75, 3.05) is 0 Å². The third kappa shape index (κ3) is 3.44. The Morgan fingerprint density at radius 3 is 2.05 bits per heavy atom. The number of carbonyl (C=O) groups is 2. The molecule has 0 aliphatic rings. The van der Waals surface area contributed by atoms with Crippen molar-refractivity contribution in [3.63, 3.8) is 0 Å². The molecule has 0 aliphatic heterocycles. The lowest BCUT2D eigenvalue weighted by molar-refractivity contribution is 0.0696. The van der Waals surface area contributed by atoms with E-state index in [9.17, 15) is 14.7 Å². The number of rotatable bonds is 4. The van der Waals surface area contributed by atoms with E-state index in [4.69, 9.17) is 10.2 Å². The van der Waals surface area contributed by atoms with Crippen LogP contribution in [0.3, 0.4) is 0 Å². The molecule has 0 atom stereocenters. The summed E-state index contributed by atoms with van der Waals surface area (Å²) in [7, 11) is 0. The Morgan fingerprint density at radius 2 is 1.52 bits per heavy atom. The Bertz CT molecular complexity index is 704. The van der Waals surface area contributed by atoms with Gasteiger partial charge in [-0.15, -0.1) is 0 Å². The molecule has 0 aromatic heterocycles. The molecule has 0 aliphatic carbocycles. The number of carboxylic acid groups (broad SMARTS) is 2. The molecule has 2 rings (SSSR count). The first-order valence-corrected chi connectivity index (χ1v) is 5.91. The lowest BCUT2D eigenvalue weighted by Gasteiger charge is -2.02. The summed E-state index contributed by atoms with van der Waals surface area (Å²) in [6.45, 7) is 0. The number of hydrogen-bond donors (Lipinski definition) is 3. The van der Waals surface area contributed by atoms with Crippen LogP contribution < -0.4 is 0 Å². The number of aromatic hydroxyl groups is 1. The van der Waals surface area contributed by atoms with Crippen molar-refractivity contribution < 1.29 is 24.9 Å². The molecule has 0 unspecified atom stereocenters. The fourth-order valence-electron chi connectivity index (χ4n) is 1.69. The second kappa shape index (κ2) is 5.87.